The quantitative estimate of drug-likeness (QED) is 0.632. The molecule has 90 valence electrons. The summed E-state index contributed by atoms with van der Waals surface area (Å²) in [6, 6.07) is 1.40. The fourth-order valence-corrected chi connectivity index (χ4v) is 2.43. The first-order chi connectivity index (χ1) is 7.41. The number of rotatable bonds is 5. The Balaban J connectivity index is 2.73. The van der Waals surface area contributed by atoms with Crippen LogP contribution in [0.15, 0.2) is 6.07 Å². The molecule has 0 fully saturated rings. The van der Waals surface area contributed by atoms with Gasteiger partial charge in [0.25, 0.3) is 5.69 Å². The van der Waals surface area contributed by atoms with Gasteiger partial charge >= 0.3 is 0 Å². The highest BCUT2D eigenvalue weighted by Gasteiger charge is 2.20. The molecular weight excluding hydrogens is 252 g/mol. The molecule has 0 aliphatic carbocycles. The second-order valence-corrected chi connectivity index (χ2v) is 5.23. The van der Waals surface area contributed by atoms with Gasteiger partial charge in [0.15, 0.2) is 4.34 Å². The Bertz CT molecular complexity index is 381. The maximum absolute atomic E-state index is 10.6. The molecule has 0 aliphatic heterocycles. The van der Waals surface area contributed by atoms with Crippen LogP contribution in [-0.2, 0) is 0 Å². The lowest BCUT2D eigenvalue weighted by Gasteiger charge is -2.12. The van der Waals surface area contributed by atoms with Gasteiger partial charge in [-0.1, -0.05) is 11.6 Å². The van der Waals surface area contributed by atoms with E-state index in [-0.39, 0.29) is 16.1 Å². The van der Waals surface area contributed by atoms with Crippen molar-refractivity contribution < 1.29 is 10.0 Å². The maximum Gasteiger partial charge on any atom is 0.299 e. The smallest absolute Gasteiger partial charge is 0.299 e. The molecule has 0 aliphatic rings. The minimum Gasteiger partial charge on any atom is -0.392 e. The summed E-state index contributed by atoms with van der Waals surface area (Å²) in [4.78, 5) is 10.9. The van der Waals surface area contributed by atoms with E-state index in [1.54, 1.807) is 6.92 Å². The zero-order valence-electron chi connectivity index (χ0n) is 8.94. The Kier molecular flexibility index (Phi) is 4.67. The number of thiophene rings is 1. The van der Waals surface area contributed by atoms with Gasteiger partial charge in [0.1, 0.15) is 0 Å². The van der Waals surface area contributed by atoms with Gasteiger partial charge < -0.3 is 10.4 Å². The topological polar surface area (TPSA) is 75.4 Å². The second-order valence-electron chi connectivity index (χ2n) is 3.54. The van der Waals surface area contributed by atoms with Crippen LogP contribution in [0.25, 0.3) is 0 Å². The van der Waals surface area contributed by atoms with E-state index < -0.39 is 11.0 Å². The normalized spacial score (nSPS) is 14.8. The fourth-order valence-electron chi connectivity index (χ4n) is 1.16. The third-order valence-electron chi connectivity index (χ3n) is 2.03. The summed E-state index contributed by atoms with van der Waals surface area (Å²) < 4.78 is 0.186. The summed E-state index contributed by atoms with van der Waals surface area (Å²) in [5, 5.41) is 22.8. The van der Waals surface area contributed by atoms with Crippen molar-refractivity contribution in [3.63, 3.8) is 0 Å². The molecule has 5 nitrogen and oxygen atoms in total. The molecule has 0 amide bonds. The first kappa shape index (κ1) is 13.4. The summed E-state index contributed by atoms with van der Waals surface area (Å²) in [5.41, 5.74) is -0.0626. The van der Waals surface area contributed by atoms with Crippen LogP contribution in [0.4, 0.5) is 5.69 Å². The molecule has 2 N–H and O–H groups in total. The lowest BCUT2D eigenvalue weighted by molar-refractivity contribution is -0.384. The van der Waals surface area contributed by atoms with Crippen LogP contribution < -0.4 is 5.32 Å². The molecule has 7 heteroatoms. The van der Waals surface area contributed by atoms with Gasteiger partial charge in [-0.2, -0.15) is 0 Å². The van der Waals surface area contributed by atoms with E-state index in [0.717, 1.165) is 4.88 Å². The first-order valence-corrected chi connectivity index (χ1v) is 5.96. The Morgan fingerprint density at radius 2 is 2.31 bits per heavy atom. The fraction of sp³-hybridized carbons (Fsp3) is 0.556. The Morgan fingerprint density at radius 1 is 1.69 bits per heavy atom. The van der Waals surface area contributed by atoms with E-state index >= 15 is 0 Å². The summed E-state index contributed by atoms with van der Waals surface area (Å²) in [7, 11) is 0. The van der Waals surface area contributed by atoms with Crippen molar-refractivity contribution in [2.75, 3.05) is 6.54 Å². The van der Waals surface area contributed by atoms with Gasteiger partial charge in [0.2, 0.25) is 0 Å². The van der Waals surface area contributed by atoms with Gasteiger partial charge in [0, 0.05) is 23.5 Å². The van der Waals surface area contributed by atoms with Crippen LogP contribution in [0.2, 0.25) is 4.34 Å². The van der Waals surface area contributed by atoms with Crippen LogP contribution in [0.3, 0.4) is 0 Å². The first-order valence-electron chi connectivity index (χ1n) is 4.77. The van der Waals surface area contributed by atoms with Gasteiger partial charge in [-0.05, 0) is 13.8 Å². The Labute approximate surface area is 102 Å². The van der Waals surface area contributed by atoms with Crippen molar-refractivity contribution in [2.24, 2.45) is 0 Å². The molecule has 2 atom stereocenters. The van der Waals surface area contributed by atoms with Gasteiger partial charge in [0.05, 0.1) is 11.0 Å². The largest absolute Gasteiger partial charge is 0.392 e. The SMILES string of the molecule is CC(NC[C@H](C)O)c1cc([N+](=O)[O-])c(Cl)s1. The number of aliphatic hydroxyl groups is 1. The molecule has 1 unspecified atom stereocenters. The summed E-state index contributed by atoms with van der Waals surface area (Å²) >= 11 is 6.93. The van der Waals surface area contributed by atoms with Crippen molar-refractivity contribution in [1.29, 1.82) is 0 Å². The standard InChI is InChI=1S/C9H13ClN2O3S/c1-5(13)4-11-6(2)8-3-7(12(14)15)9(10)16-8/h3,5-6,11,13H,4H2,1-2H3/t5-,6?/m0/s1. The number of halogens is 1. The number of nitrogens with zero attached hydrogens (tertiary/aromatic N) is 1. The molecule has 0 aromatic carbocycles. The number of aliphatic hydroxyl groups excluding tert-OH is 1. The minimum atomic E-state index is -0.496. The predicted octanol–water partition coefficient (Wildman–Crippen LogP) is 2.34. The van der Waals surface area contributed by atoms with Crippen molar-refractivity contribution in [3.05, 3.63) is 25.4 Å². The maximum atomic E-state index is 10.6. The average Bonchev–Trinajstić information content (AvgIpc) is 2.56. The lowest BCUT2D eigenvalue weighted by Crippen LogP contribution is -2.26. The molecule has 1 rings (SSSR count). The molecule has 16 heavy (non-hydrogen) atoms. The monoisotopic (exact) mass is 264 g/mol. The highest BCUT2D eigenvalue weighted by Crippen LogP contribution is 2.36. The summed E-state index contributed by atoms with van der Waals surface area (Å²) in [6.07, 6.45) is -0.451. The molecule has 0 bridgehead atoms. The van der Waals surface area contributed by atoms with Gasteiger partial charge in [-0.25, -0.2) is 0 Å². The summed E-state index contributed by atoms with van der Waals surface area (Å²) in [5.74, 6) is 0. The molecule has 0 saturated heterocycles. The number of hydrogen-bond acceptors (Lipinski definition) is 5. The third-order valence-corrected chi connectivity index (χ3v) is 3.55. The van der Waals surface area contributed by atoms with E-state index in [1.807, 2.05) is 6.92 Å². The van der Waals surface area contributed by atoms with E-state index in [9.17, 15) is 10.1 Å². The second kappa shape index (κ2) is 5.58. The van der Waals surface area contributed by atoms with E-state index in [0.29, 0.717) is 6.54 Å². The Morgan fingerprint density at radius 3 is 2.75 bits per heavy atom. The number of hydrogen-bond donors (Lipinski definition) is 2. The molecule has 0 saturated carbocycles. The van der Waals surface area contributed by atoms with Gasteiger partial charge in [-0.3, -0.25) is 10.1 Å². The zero-order chi connectivity index (χ0) is 12.3. The molecular formula is C9H13ClN2O3S. The van der Waals surface area contributed by atoms with E-state index in [1.165, 1.54) is 17.4 Å². The van der Waals surface area contributed by atoms with Crippen molar-refractivity contribution in [1.82, 2.24) is 5.32 Å². The molecule has 1 aromatic rings. The third kappa shape index (κ3) is 3.41. The lowest BCUT2D eigenvalue weighted by atomic mass is 10.2. The average molecular weight is 265 g/mol. The minimum absolute atomic E-state index is 0.0626. The zero-order valence-corrected chi connectivity index (χ0v) is 10.5. The van der Waals surface area contributed by atoms with Gasteiger partial charge in [-0.15, -0.1) is 11.3 Å². The molecule has 0 radical (unpaired) electrons. The van der Waals surface area contributed by atoms with Crippen LogP contribution in [0.5, 0.6) is 0 Å². The summed E-state index contributed by atoms with van der Waals surface area (Å²) in [6.45, 7) is 3.97. The molecule has 1 heterocycles. The van der Waals surface area contributed by atoms with Crippen molar-refractivity contribution in [2.45, 2.75) is 26.0 Å². The van der Waals surface area contributed by atoms with E-state index in [4.69, 9.17) is 16.7 Å². The number of nitrogens with one attached hydrogen (secondary N) is 1. The van der Waals surface area contributed by atoms with E-state index in [2.05, 4.69) is 5.32 Å². The molecule has 1 aromatic heterocycles. The van der Waals surface area contributed by atoms with Crippen LogP contribution in [0, 0.1) is 10.1 Å². The Hall–Kier alpha value is -0.690. The predicted molar refractivity (Wildman–Crippen MR) is 64.1 cm³/mol. The van der Waals surface area contributed by atoms with Crippen molar-refractivity contribution >= 4 is 28.6 Å². The molecule has 0 spiro atoms. The highest BCUT2D eigenvalue weighted by atomic mass is 35.5. The highest BCUT2D eigenvalue weighted by molar-refractivity contribution is 7.16. The van der Waals surface area contributed by atoms with Crippen molar-refractivity contribution in [3.8, 4) is 0 Å². The van der Waals surface area contributed by atoms with Crippen LogP contribution in [0.1, 0.15) is 24.8 Å². The van der Waals surface area contributed by atoms with Crippen LogP contribution in [-0.4, -0.2) is 22.7 Å². The number of nitro groups is 1. The van der Waals surface area contributed by atoms with Crippen LogP contribution >= 0.6 is 22.9 Å².